The summed E-state index contributed by atoms with van der Waals surface area (Å²) in [5.74, 6) is -0.581. The van der Waals surface area contributed by atoms with Crippen molar-refractivity contribution in [2.24, 2.45) is 5.16 Å². The summed E-state index contributed by atoms with van der Waals surface area (Å²) in [6.07, 6.45) is -0.231. The van der Waals surface area contributed by atoms with E-state index in [-0.39, 0.29) is 11.8 Å². The lowest BCUT2D eigenvalue weighted by molar-refractivity contribution is -0.139. The van der Waals surface area contributed by atoms with Crippen molar-refractivity contribution >= 4 is 28.1 Å². The molecule has 0 radical (unpaired) electrons. The number of thiazole rings is 1. The van der Waals surface area contributed by atoms with E-state index in [0.717, 1.165) is 0 Å². The highest BCUT2D eigenvalue weighted by Crippen LogP contribution is 2.13. The molecule has 1 aromatic heterocycles. The Balaban J connectivity index is 2.92. The first-order chi connectivity index (χ1) is 7.54. The van der Waals surface area contributed by atoms with Crippen LogP contribution >= 0.6 is 11.3 Å². The summed E-state index contributed by atoms with van der Waals surface area (Å²) >= 11 is 1.22. The highest BCUT2D eigenvalue weighted by atomic mass is 32.1. The molecule has 0 aliphatic heterocycles. The molecule has 88 valence electrons. The number of nitrogens with two attached hydrogens (primary N) is 1. The summed E-state index contributed by atoms with van der Waals surface area (Å²) in [6.45, 7) is 3.50. The highest BCUT2D eigenvalue weighted by Gasteiger charge is 2.20. The van der Waals surface area contributed by atoms with Crippen LogP contribution in [-0.4, -0.2) is 29.9 Å². The van der Waals surface area contributed by atoms with E-state index in [2.05, 4.69) is 15.0 Å². The van der Waals surface area contributed by atoms with E-state index in [1.807, 2.05) is 0 Å². The number of nitrogen functional groups attached to an aromatic ring is 1. The van der Waals surface area contributed by atoms with Crippen LogP contribution in [0.2, 0.25) is 0 Å². The zero-order chi connectivity index (χ0) is 12.1. The van der Waals surface area contributed by atoms with Gasteiger partial charge in [-0.05, 0) is 13.8 Å². The van der Waals surface area contributed by atoms with Gasteiger partial charge >= 0.3 is 5.97 Å². The Kier molecular flexibility index (Phi) is 4.24. The second-order valence-electron chi connectivity index (χ2n) is 3.15. The molecule has 0 saturated heterocycles. The smallest absolute Gasteiger partial charge is 0.362 e. The number of nitrogens with zero attached hydrogens (tertiary/aromatic N) is 2. The summed E-state index contributed by atoms with van der Waals surface area (Å²) < 4.78 is 5.00. The molecule has 0 atom stereocenters. The Bertz CT molecular complexity index is 400. The van der Waals surface area contributed by atoms with Crippen LogP contribution in [0.5, 0.6) is 0 Å². The number of anilines is 1. The van der Waals surface area contributed by atoms with Crippen LogP contribution in [0.15, 0.2) is 10.5 Å². The molecule has 0 unspecified atom stereocenters. The van der Waals surface area contributed by atoms with Gasteiger partial charge in [0.2, 0.25) is 5.71 Å². The Morgan fingerprint density at radius 3 is 2.75 bits per heavy atom. The van der Waals surface area contributed by atoms with Crippen molar-refractivity contribution < 1.29 is 14.4 Å². The van der Waals surface area contributed by atoms with Crippen molar-refractivity contribution in [2.45, 2.75) is 20.0 Å². The fraction of sp³-hybridized carbons (Fsp3) is 0.444. The average molecular weight is 243 g/mol. The third kappa shape index (κ3) is 3.20. The molecule has 0 aromatic carbocycles. The largest absolute Gasteiger partial charge is 0.458 e. The minimum atomic E-state index is -0.581. The molecule has 1 aromatic rings. The SMILES string of the molecule is CON=C(C(=O)OC(C)C)c1csc(N)n1. The fourth-order valence-electron chi connectivity index (χ4n) is 0.946. The summed E-state index contributed by atoms with van der Waals surface area (Å²) in [5, 5.41) is 5.57. The molecule has 16 heavy (non-hydrogen) atoms. The van der Waals surface area contributed by atoms with Crippen molar-refractivity contribution in [3.05, 3.63) is 11.1 Å². The topological polar surface area (TPSA) is 86.8 Å². The van der Waals surface area contributed by atoms with Crippen LogP contribution in [0.1, 0.15) is 19.5 Å². The summed E-state index contributed by atoms with van der Waals surface area (Å²) in [4.78, 5) is 20.2. The van der Waals surface area contributed by atoms with E-state index in [1.54, 1.807) is 19.2 Å². The van der Waals surface area contributed by atoms with Gasteiger partial charge in [-0.3, -0.25) is 0 Å². The maximum Gasteiger partial charge on any atom is 0.362 e. The number of rotatable bonds is 4. The normalized spacial score (nSPS) is 11.6. The molecule has 1 rings (SSSR count). The van der Waals surface area contributed by atoms with E-state index in [1.165, 1.54) is 18.4 Å². The van der Waals surface area contributed by atoms with Crippen molar-refractivity contribution in [1.82, 2.24) is 4.98 Å². The quantitative estimate of drug-likeness (QED) is 0.485. The standard InChI is InChI=1S/C9H13N3O3S/c1-5(2)15-8(13)7(12-14-3)6-4-16-9(10)11-6/h4-5H,1-3H3,(H2,10,11). The number of hydrogen-bond acceptors (Lipinski definition) is 7. The first kappa shape index (κ1) is 12.4. The third-order valence-corrected chi connectivity index (χ3v) is 2.16. The predicted octanol–water partition coefficient (Wildman–Crippen LogP) is 1.03. The van der Waals surface area contributed by atoms with Crippen LogP contribution < -0.4 is 5.73 Å². The number of esters is 1. The van der Waals surface area contributed by atoms with Crippen LogP contribution in [0.25, 0.3) is 0 Å². The van der Waals surface area contributed by atoms with Gasteiger partial charge < -0.3 is 15.3 Å². The van der Waals surface area contributed by atoms with Gasteiger partial charge in [0.15, 0.2) is 5.13 Å². The second-order valence-corrected chi connectivity index (χ2v) is 4.04. The lowest BCUT2D eigenvalue weighted by Crippen LogP contribution is -2.22. The van der Waals surface area contributed by atoms with Crippen LogP contribution in [0, 0.1) is 0 Å². The van der Waals surface area contributed by atoms with Gasteiger partial charge in [0.1, 0.15) is 12.8 Å². The molecule has 2 N–H and O–H groups in total. The lowest BCUT2D eigenvalue weighted by atomic mass is 10.3. The summed E-state index contributed by atoms with van der Waals surface area (Å²) in [6, 6.07) is 0. The zero-order valence-corrected chi connectivity index (χ0v) is 10.1. The molecule has 6 nitrogen and oxygen atoms in total. The molecule has 0 spiro atoms. The second kappa shape index (κ2) is 5.45. The number of hydrogen-bond donors (Lipinski definition) is 1. The Morgan fingerprint density at radius 2 is 2.31 bits per heavy atom. The van der Waals surface area contributed by atoms with Gasteiger partial charge in [0.05, 0.1) is 6.10 Å². The van der Waals surface area contributed by atoms with Crippen LogP contribution in [0.3, 0.4) is 0 Å². The van der Waals surface area contributed by atoms with Gasteiger partial charge in [0.25, 0.3) is 0 Å². The van der Waals surface area contributed by atoms with Crippen LogP contribution in [-0.2, 0) is 14.4 Å². The number of aromatic nitrogens is 1. The van der Waals surface area contributed by atoms with Gasteiger partial charge in [0, 0.05) is 5.38 Å². The lowest BCUT2D eigenvalue weighted by Gasteiger charge is -2.07. The molecule has 0 aliphatic carbocycles. The van der Waals surface area contributed by atoms with E-state index >= 15 is 0 Å². The molecule has 0 amide bonds. The van der Waals surface area contributed by atoms with E-state index in [9.17, 15) is 4.79 Å². The molecule has 7 heteroatoms. The molecule has 0 bridgehead atoms. The fourth-order valence-corrected chi connectivity index (χ4v) is 1.49. The van der Waals surface area contributed by atoms with E-state index < -0.39 is 5.97 Å². The van der Waals surface area contributed by atoms with Crippen molar-refractivity contribution in [2.75, 3.05) is 12.8 Å². The molecule has 0 aliphatic rings. The minimum absolute atomic E-state index is 0.0177. The van der Waals surface area contributed by atoms with E-state index in [4.69, 9.17) is 10.5 Å². The predicted molar refractivity (Wildman–Crippen MR) is 61.3 cm³/mol. The molecule has 1 heterocycles. The Morgan fingerprint density at radius 1 is 1.62 bits per heavy atom. The summed E-state index contributed by atoms with van der Waals surface area (Å²) in [7, 11) is 1.35. The number of oxime groups is 1. The number of ether oxygens (including phenoxy) is 1. The molecule has 0 saturated carbocycles. The first-order valence-corrected chi connectivity index (χ1v) is 5.46. The Labute approximate surface area is 97.1 Å². The average Bonchev–Trinajstić information content (AvgIpc) is 2.59. The first-order valence-electron chi connectivity index (χ1n) is 4.58. The molecule has 0 fully saturated rings. The zero-order valence-electron chi connectivity index (χ0n) is 9.26. The van der Waals surface area contributed by atoms with Crippen molar-refractivity contribution in [3.63, 3.8) is 0 Å². The highest BCUT2D eigenvalue weighted by molar-refractivity contribution is 7.13. The van der Waals surface area contributed by atoms with Gasteiger partial charge in [-0.15, -0.1) is 11.3 Å². The van der Waals surface area contributed by atoms with Crippen molar-refractivity contribution in [1.29, 1.82) is 0 Å². The maximum atomic E-state index is 11.6. The monoisotopic (exact) mass is 243 g/mol. The number of carbonyl (C=O) groups is 1. The van der Waals surface area contributed by atoms with Crippen LogP contribution in [0.4, 0.5) is 5.13 Å². The summed E-state index contributed by atoms with van der Waals surface area (Å²) in [5.41, 5.74) is 5.85. The maximum absolute atomic E-state index is 11.6. The van der Waals surface area contributed by atoms with E-state index in [0.29, 0.717) is 10.8 Å². The molecular formula is C9H13N3O3S. The van der Waals surface area contributed by atoms with Crippen molar-refractivity contribution in [3.8, 4) is 0 Å². The van der Waals surface area contributed by atoms with Gasteiger partial charge in [-0.1, -0.05) is 5.16 Å². The van der Waals surface area contributed by atoms with Gasteiger partial charge in [-0.25, -0.2) is 9.78 Å². The Hall–Kier alpha value is -1.63. The minimum Gasteiger partial charge on any atom is -0.458 e. The third-order valence-electron chi connectivity index (χ3n) is 1.48. The molecular weight excluding hydrogens is 230 g/mol. The van der Waals surface area contributed by atoms with Gasteiger partial charge in [-0.2, -0.15) is 0 Å². The number of carbonyl (C=O) groups excluding carboxylic acids is 1.